The molecule has 1 aliphatic heterocycles. The Bertz CT molecular complexity index is 788. The number of hydrogen-bond acceptors (Lipinski definition) is 6. The van der Waals surface area contributed by atoms with E-state index in [9.17, 15) is 19.2 Å². The number of rotatable bonds is 6. The van der Waals surface area contributed by atoms with Gasteiger partial charge in [-0.25, -0.2) is 4.79 Å². The molecular formula is C20H21NO6. The molecule has 2 amide bonds. The van der Waals surface area contributed by atoms with Crippen LogP contribution in [-0.2, 0) is 19.1 Å². The number of amides is 2. The molecular weight excluding hydrogens is 350 g/mol. The molecule has 2 aliphatic rings. The lowest BCUT2D eigenvalue weighted by Gasteiger charge is -2.21. The molecule has 0 radical (unpaired) electrons. The Kier molecular flexibility index (Phi) is 5.39. The van der Waals surface area contributed by atoms with Crippen molar-refractivity contribution in [1.82, 2.24) is 4.90 Å². The van der Waals surface area contributed by atoms with E-state index >= 15 is 0 Å². The van der Waals surface area contributed by atoms with Gasteiger partial charge in [0.15, 0.2) is 6.61 Å². The van der Waals surface area contributed by atoms with Crippen LogP contribution in [0.5, 0.6) is 5.75 Å². The lowest BCUT2D eigenvalue weighted by Crippen LogP contribution is -2.44. The Morgan fingerprint density at radius 3 is 2.30 bits per heavy atom. The second-order valence-electron chi connectivity index (χ2n) is 6.61. The smallest absolute Gasteiger partial charge is 0.329 e. The van der Waals surface area contributed by atoms with Gasteiger partial charge in [0.05, 0.1) is 24.5 Å². The van der Waals surface area contributed by atoms with Crippen molar-refractivity contribution >= 4 is 23.6 Å². The van der Waals surface area contributed by atoms with Gasteiger partial charge in [-0.05, 0) is 31.9 Å². The van der Waals surface area contributed by atoms with Gasteiger partial charge in [0.1, 0.15) is 11.8 Å². The zero-order valence-corrected chi connectivity index (χ0v) is 15.2. The molecule has 0 saturated carbocycles. The molecule has 0 bridgehead atoms. The third kappa shape index (κ3) is 3.49. The molecule has 142 valence electrons. The molecule has 1 aromatic rings. The van der Waals surface area contributed by atoms with Gasteiger partial charge in [-0.15, -0.1) is 0 Å². The van der Waals surface area contributed by atoms with Gasteiger partial charge in [0, 0.05) is 0 Å². The molecule has 0 unspecified atom stereocenters. The Labute approximate surface area is 156 Å². The van der Waals surface area contributed by atoms with Gasteiger partial charge in [-0.1, -0.05) is 24.3 Å². The second-order valence-corrected chi connectivity index (χ2v) is 6.61. The second kappa shape index (κ2) is 7.73. The summed E-state index contributed by atoms with van der Waals surface area (Å²) in [6, 6.07) is 5.54. The normalized spacial score (nSPS) is 22.4. The number of para-hydroxylation sites is 1. The number of methoxy groups -OCH3 is 1. The third-order valence-electron chi connectivity index (χ3n) is 5.02. The van der Waals surface area contributed by atoms with Crippen molar-refractivity contribution < 1.29 is 28.7 Å². The number of allylic oxidation sites excluding steroid dienone is 2. The molecule has 0 spiro atoms. The highest BCUT2D eigenvalue weighted by Gasteiger charge is 2.50. The van der Waals surface area contributed by atoms with Gasteiger partial charge >= 0.3 is 5.97 Å². The van der Waals surface area contributed by atoms with Crippen LogP contribution in [0.2, 0.25) is 0 Å². The van der Waals surface area contributed by atoms with Crippen LogP contribution in [0.25, 0.3) is 0 Å². The fraction of sp³-hybridized carbons (Fsp3) is 0.400. The number of likely N-dealkylation sites (tertiary alicyclic amines) is 1. The van der Waals surface area contributed by atoms with Crippen molar-refractivity contribution in [2.45, 2.75) is 25.8 Å². The predicted molar refractivity (Wildman–Crippen MR) is 95.0 cm³/mol. The van der Waals surface area contributed by atoms with Crippen LogP contribution < -0.4 is 4.74 Å². The highest BCUT2D eigenvalue weighted by Crippen LogP contribution is 2.36. The zero-order chi connectivity index (χ0) is 19.6. The SMILES string of the molecule is COc1ccccc1C(=O)COC(=O)[C@H](C)N1C(=O)[C@H]2CC=CC[C@H]2C1=O. The first-order valence-corrected chi connectivity index (χ1v) is 8.80. The molecule has 1 aliphatic carbocycles. The van der Waals surface area contributed by atoms with Gasteiger partial charge in [-0.3, -0.25) is 19.3 Å². The minimum absolute atomic E-state index is 0.297. The van der Waals surface area contributed by atoms with Crippen LogP contribution in [0.4, 0.5) is 0 Å². The molecule has 1 heterocycles. The summed E-state index contributed by atoms with van der Waals surface area (Å²) in [4.78, 5) is 50.7. The van der Waals surface area contributed by atoms with E-state index in [0.717, 1.165) is 4.90 Å². The Morgan fingerprint density at radius 2 is 1.70 bits per heavy atom. The predicted octanol–water partition coefficient (Wildman–Crippen LogP) is 1.76. The number of nitrogens with zero attached hydrogens (tertiary/aromatic N) is 1. The number of ether oxygens (including phenoxy) is 2. The first-order chi connectivity index (χ1) is 13.0. The fourth-order valence-electron chi connectivity index (χ4n) is 3.52. The van der Waals surface area contributed by atoms with Crippen molar-refractivity contribution in [3.05, 3.63) is 42.0 Å². The molecule has 3 rings (SSSR count). The summed E-state index contributed by atoms with van der Waals surface area (Å²) < 4.78 is 10.2. The summed E-state index contributed by atoms with van der Waals surface area (Å²) in [5, 5.41) is 0. The van der Waals surface area contributed by atoms with Crippen molar-refractivity contribution in [3.63, 3.8) is 0 Å². The van der Waals surface area contributed by atoms with E-state index in [4.69, 9.17) is 9.47 Å². The Morgan fingerprint density at radius 1 is 1.11 bits per heavy atom. The standard InChI is InChI=1S/C20H21NO6/c1-12(21-18(23)13-7-3-4-8-14(13)19(21)24)20(25)27-11-16(22)15-9-5-6-10-17(15)26-2/h3-6,9-10,12-14H,7-8,11H2,1-2H3/t12-,13-,14+/m0/s1. The van der Waals surface area contributed by atoms with E-state index in [0.29, 0.717) is 24.2 Å². The maximum absolute atomic E-state index is 12.5. The number of esters is 1. The lowest BCUT2D eigenvalue weighted by molar-refractivity contribution is -0.157. The number of imide groups is 1. The molecule has 1 aromatic carbocycles. The Hall–Kier alpha value is -2.96. The number of benzene rings is 1. The van der Waals surface area contributed by atoms with Gasteiger partial charge < -0.3 is 9.47 Å². The number of Topliss-reactive ketones (excluding diaryl/α,β-unsaturated/α-hetero) is 1. The van der Waals surface area contributed by atoms with E-state index in [1.807, 2.05) is 12.2 Å². The molecule has 7 heteroatoms. The Balaban J connectivity index is 1.63. The highest BCUT2D eigenvalue weighted by molar-refractivity contribution is 6.08. The first kappa shape index (κ1) is 18.8. The van der Waals surface area contributed by atoms with Crippen LogP contribution >= 0.6 is 0 Å². The summed E-state index contributed by atoms with van der Waals surface area (Å²) in [6.07, 6.45) is 4.76. The first-order valence-electron chi connectivity index (χ1n) is 8.80. The van der Waals surface area contributed by atoms with Crippen LogP contribution in [0.1, 0.15) is 30.1 Å². The van der Waals surface area contributed by atoms with E-state index in [1.165, 1.54) is 14.0 Å². The number of carbonyl (C=O) groups is 4. The van der Waals surface area contributed by atoms with Crippen molar-refractivity contribution in [2.75, 3.05) is 13.7 Å². The molecule has 0 aromatic heterocycles. The fourth-order valence-corrected chi connectivity index (χ4v) is 3.52. The van der Waals surface area contributed by atoms with E-state index in [1.54, 1.807) is 24.3 Å². The van der Waals surface area contributed by atoms with Crippen LogP contribution in [0, 0.1) is 11.8 Å². The minimum Gasteiger partial charge on any atom is -0.496 e. The number of ketones is 1. The van der Waals surface area contributed by atoms with Gasteiger partial charge in [0.2, 0.25) is 17.6 Å². The van der Waals surface area contributed by atoms with E-state index in [2.05, 4.69) is 0 Å². The van der Waals surface area contributed by atoms with Gasteiger partial charge in [-0.2, -0.15) is 0 Å². The summed E-state index contributed by atoms with van der Waals surface area (Å²) in [7, 11) is 1.44. The number of carbonyl (C=O) groups excluding carboxylic acids is 4. The molecule has 0 N–H and O–H groups in total. The molecule has 7 nitrogen and oxygen atoms in total. The van der Waals surface area contributed by atoms with E-state index in [-0.39, 0.29) is 11.8 Å². The van der Waals surface area contributed by atoms with Crippen LogP contribution in [0.15, 0.2) is 36.4 Å². The van der Waals surface area contributed by atoms with Crippen molar-refractivity contribution in [1.29, 1.82) is 0 Å². The quantitative estimate of drug-likeness (QED) is 0.328. The third-order valence-corrected chi connectivity index (χ3v) is 5.02. The van der Waals surface area contributed by atoms with Crippen molar-refractivity contribution in [3.8, 4) is 5.75 Å². The van der Waals surface area contributed by atoms with Crippen LogP contribution in [0.3, 0.4) is 0 Å². The van der Waals surface area contributed by atoms with Gasteiger partial charge in [0.25, 0.3) is 0 Å². The zero-order valence-electron chi connectivity index (χ0n) is 15.2. The lowest BCUT2D eigenvalue weighted by atomic mass is 9.85. The average molecular weight is 371 g/mol. The largest absolute Gasteiger partial charge is 0.496 e. The molecule has 27 heavy (non-hydrogen) atoms. The number of hydrogen-bond donors (Lipinski definition) is 0. The minimum atomic E-state index is -1.07. The monoisotopic (exact) mass is 371 g/mol. The summed E-state index contributed by atoms with van der Waals surface area (Å²) in [5.41, 5.74) is 0.297. The molecule has 3 atom stereocenters. The molecule has 1 saturated heterocycles. The summed E-state index contributed by atoms with van der Waals surface area (Å²) in [6.45, 7) is 0.949. The molecule has 1 fully saturated rings. The highest BCUT2D eigenvalue weighted by atomic mass is 16.5. The topological polar surface area (TPSA) is 90.0 Å². The maximum Gasteiger partial charge on any atom is 0.329 e. The summed E-state index contributed by atoms with van der Waals surface area (Å²) >= 11 is 0. The maximum atomic E-state index is 12.5. The van der Waals surface area contributed by atoms with E-state index < -0.39 is 36.2 Å². The van der Waals surface area contributed by atoms with Crippen LogP contribution in [-0.4, -0.2) is 48.2 Å². The summed E-state index contributed by atoms with van der Waals surface area (Å²) in [5.74, 6) is -2.35. The van der Waals surface area contributed by atoms with Crippen molar-refractivity contribution in [2.24, 2.45) is 11.8 Å². The average Bonchev–Trinajstić information content (AvgIpc) is 2.96. The number of fused-ring (bicyclic) bond motifs is 1.